The first kappa shape index (κ1) is 23.2. The van der Waals surface area contributed by atoms with Crippen molar-refractivity contribution in [2.45, 2.75) is 5.03 Å². The van der Waals surface area contributed by atoms with Crippen molar-refractivity contribution in [3.63, 3.8) is 0 Å². The normalized spacial score (nSPS) is 10.9. The molecule has 0 spiro atoms. The molecular weight excluding hydrogens is 456 g/mol. The molecule has 0 bridgehead atoms. The van der Waals surface area contributed by atoms with E-state index >= 15 is 0 Å². The highest BCUT2D eigenvalue weighted by molar-refractivity contribution is 8.00. The molecule has 2 heterocycles. The second-order valence-electron chi connectivity index (χ2n) is 7.43. The lowest BCUT2D eigenvalue weighted by molar-refractivity contribution is 0.102. The minimum Gasteiger partial charge on any atom is -0.497 e. The average molecular weight is 479 g/mol. The molecule has 4 aromatic rings. The maximum atomic E-state index is 13.0. The monoisotopic (exact) mass is 478 g/mol. The number of aromatic nitrogens is 4. The predicted molar refractivity (Wildman–Crippen MR) is 130 cm³/mol. The van der Waals surface area contributed by atoms with E-state index in [-0.39, 0.29) is 22.6 Å². The minimum atomic E-state index is -0.515. The van der Waals surface area contributed by atoms with Crippen molar-refractivity contribution in [2.75, 3.05) is 20.0 Å². The molecule has 4 rings (SSSR count). The summed E-state index contributed by atoms with van der Waals surface area (Å²) >= 11 is 1.13. The molecule has 0 amide bonds. The van der Waals surface area contributed by atoms with E-state index in [1.165, 1.54) is 11.6 Å². The molecule has 0 radical (unpaired) electrons. The summed E-state index contributed by atoms with van der Waals surface area (Å²) in [6.45, 7) is 0. The molecule has 0 saturated heterocycles. The maximum Gasteiger partial charge on any atom is 0.332 e. The molecule has 0 aliphatic carbocycles. The number of aryl methyl sites for hydroxylation is 1. The van der Waals surface area contributed by atoms with E-state index in [9.17, 15) is 14.4 Å². The van der Waals surface area contributed by atoms with Crippen molar-refractivity contribution in [1.29, 1.82) is 0 Å². The zero-order valence-electron chi connectivity index (χ0n) is 19.1. The largest absolute Gasteiger partial charge is 0.497 e. The molecule has 174 valence electrons. The Morgan fingerprint density at radius 3 is 2.06 bits per heavy atom. The summed E-state index contributed by atoms with van der Waals surface area (Å²) in [5.74, 6) is 1.57. The van der Waals surface area contributed by atoms with Gasteiger partial charge in [-0.3, -0.25) is 18.7 Å². The smallest absolute Gasteiger partial charge is 0.332 e. The fraction of sp³-hybridized carbons (Fsp3) is 0.208. The number of benzene rings is 2. The van der Waals surface area contributed by atoms with Gasteiger partial charge >= 0.3 is 5.69 Å². The molecule has 0 saturated carbocycles. The SMILES string of the molecule is COc1ccc(C(=O)CSc2nc(-c3ccc(OC)cc3)nc3c2c(=O)n(C)c(=O)n3C)cc1. The van der Waals surface area contributed by atoms with Crippen LogP contribution >= 0.6 is 11.8 Å². The number of hydrogen-bond donors (Lipinski definition) is 0. The summed E-state index contributed by atoms with van der Waals surface area (Å²) in [6, 6.07) is 13.9. The Balaban J connectivity index is 1.80. The Labute approximate surface area is 199 Å². The van der Waals surface area contributed by atoms with Gasteiger partial charge in [-0.2, -0.15) is 0 Å². The van der Waals surface area contributed by atoms with Gasteiger partial charge in [-0.05, 0) is 48.5 Å². The van der Waals surface area contributed by atoms with Crippen LogP contribution in [0, 0.1) is 0 Å². The van der Waals surface area contributed by atoms with Gasteiger partial charge in [0.2, 0.25) is 0 Å². The molecule has 0 fully saturated rings. The number of Topliss-reactive ketones (excluding diaryl/α,β-unsaturated/α-hetero) is 1. The topological polar surface area (TPSA) is 105 Å². The molecule has 2 aromatic heterocycles. The van der Waals surface area contributed by atoms with Crippen LogP contribution in [0.5, 0.6) is 11.5 Å². The number of carbonyl (C=O) groups is 1. The number of ketones is 1. The maximum absolute atomic E-state index is 13.0. The summed E-state index contributed by atoms with van der Waals surface area (Å²) in [7, 11) is 6.08. The molecular formula is C24H22N4O5S. The van der Waals surface area contributed by atoms with E-state index in [4.69, 9.17) is 9.47 Å². The Bertz CT molecular complexity index is 1490. The van der Waals surface area contributed by atoms with E-state index in [2.05, 4.69) is 9.97 Å². The van der Waals surface area contributed by atoms with E-state index in [1.807, 2.05) is 0 Å². The first-order chi connectivity index (χ1) is 16.3. The fourth-order valence-electron chi connectivity index (χ4n) is 3.40. The van der Waals surface area contributed by atoms with Crippen LogP contribution < -0.4 is 20.7 Å². The Morgan fingerprint density at radius 2 is 1.47 bits per heavy atom. The summed E-state index contributed by atoms with van der Waals surface area (Å²) in [4.78, 5) is 47.4. The standard InChI is InChI=1S/C24H22N4O5S/c1-27-21-19(23(30)28(2)24(27)31)22(26-20(25-21)15-7-11-17(33-4)12-8-15)34-13-18(29)14-5-9-16(32-3)10-6-14/h5-12H,13H2,1-4H3. The molecule has 0 unspecified atom stereocenters. The van der Waals surface area contributed by atoms with Crippen molar-refractivity contribution in [1.82, 2.24) is 19.1 Å². The van der Waals surface area contributed by atoms with E-state index < -0.39 is 11.2 Å². The van der Waals surface area contributed by atoms with Crippen LogP contribution in [0.4, 0.5) is 0 Å². The quantitative estimate of drug-likeness (QED) is 0.227. The highest BCUT2D eigenvalue weighted by Gasteiger charge is 2.19. The highest BCUT2D eigenvalue weighted by Crippen LogP contribution is 2.27. The third-order valence-electron chi connectivity index (χ3n) is 5.37. The zero-order chi connectivity index (χ0) is 24.4. The molecule has 0 N–H and O–H groups in total. The number of hydrogen-bond acceptors (Lipinski definition) is 8. The van der Waals surface area contributed by atoms with E-state index in [0.717, 1.165) is 16.3 Å². The van der Waals surface area contributed by atoms with Crippen molar-refractivity contribution < 1.29 is 14.3 Å². The molecule has 0 aliphatic rings. The van der Waals surface area contributed by atoms with Crippen LogP contribution in [0.25, 0.3) is 22.4 Å². The molecule has 0 atom stereocenters. The van der Waals surface area contributed by atoms with Gasteiger partial charge in [0, 0.05) is 25.2 Å². The fourth-order valence-corrected chi connectivity index (χ4v) is 4.31. The van der Waals surface area contributed by atoms with E-state index in [0.29, 0.717) is 33.5 Å². The summed E-state index contributed by atoms with van der Waals surface area (Å²) in [5.41, 5.74) is 0.385. The van der Waals surface area contributed by atoms with Crippen LogP contribution in [0.3, 0.4) is 0 Å². The Morgan fingerprint density at radius 1 is 0.882 bits per heavy atom. The van der Waals surface area contributed by atoms with Crippen LogP contribution in [-0.4, -0.2) is 44.9 Å². The van der Waals surface area contributed by atoms with Gasteiger partial charge in [0.1, 0.15) is 21.9 Å². The number of carbonyl (C=O) groups excluding carboxylic acids is 1. The van der Waals surface area contributed by atoms with E-state index in [1.54, 1.807) is 69.8 Å². The third kappa shape index (κ3) is 4.32. The van der Waals surface area contributed by atoms with Gasteiger partial charge in [0.05, 0.1) is 20.0 Å². The Kier molecular flexibility index (Phi) is 6.51. The zero-order valence-corrected chi connectivity index (χ0v) is 19.9. The molecule has 2 aromatic carbocycles. The third-order valence-corrected chi connectivity index (χ3v) is 6.34. The van der Waals surface area contributed by atoms with Crippen molar-refractivity contribution in [2.24, 2.45) is 14.1 Å². The van der Waals surface area contributed by atoms with Crippen LogP contribution in [0.15, 0.2) is 63.1 Å². The van der Waals surface area contributed by atoms with Gasteiger partial charge in [-0.1, -0.05) is 11.8 Å². The minimum absolute atomic E-state index is 0.0481. The van der Waals surface area contributed by atoms with Crippen LogP contribution in [0.1, 0.15) is 10.4 Å². The highest BCUT2D eigenvalue weighted by atomic mass is 32.2. The van der Waals surface area contributed by atoms with Gasteiger partial charge < -0.3 is 9.47 Å². The second-order valence-corrected chi connectivity index (χ2v) is 8.39. The van der Waals surface area contributed by atoms with Crippen LogP contribution in [-0.2, 0) is 14.1 Å². The van der Waals surface area contributed by atoms with Gasteiger partial charge in [0.25, 0.3) is 5.56 Å². The van der Waals surface area contributed by atoms with Gasteiger partial charge in [-0.15, -0.1) is 0 Å². The number of nitrogens with zero attached hydrogens (tertiary/aromatic N) is 4. The summed E-state index contributed by atoms with van der Waals surface area (Å²) in [6.07, 6.45) is 0. The first-order valence-corrected chi connectivity index (χ1v) is 11.2. The van der Waals surface area contributed by atoms with Gasteiger partial charge in [0.15, 0.2) is 17.3 Å². The lowest BCUT2D eigenvalue weighted by atomic mass is 10.1. The number of rotatable bonds is 7. The summed E-state index contributed by atoms with van der Waals surface area (Å²) < 4.78 is 12.7. The predicted octanol–water partition coefficient (Wildman–Crippen LogP) is 2.69. The molecule has 34 heavy (non-hydrogen) atoms. The molecule has 9 nitrogen and oxygen atoms in total. The summed E-state index contributed by atoms with van der Waals surface area (Å²) in [5, 5.41) is 0.517. The number of ether oxygens (including phenoxy) is 2. The van der Waals surface area contributed by atoms with Gasteiger partial charge in [-0.25, -0.2) is 14.8 Å². The molecule has 0 aliphatic heterocycles. The Hall–Kier alpha value is -3.92. The lowest BCUT2D eigenvalue weighted by Crippen LogP contribution is -2.37. The van der Waals surface area contributed by atoms with Crippen molar-refractivity contribution in [3.05, 3.63) is 74.9 Å². The van der Waals surface area contributed by atoms with Crippen LogP contribution in [0.2, 0.25) is 0 Å². The second kappa shape index (κ2) is 9.52. The first-order valence-electron chi connectivity index (χ1n) is 10.3. The lowest BCUT2D eigenvalue weighted by Gasteiger charge is -2.12. The number of thioether (sulfide) groups is 1. The average Bonchev–Trinajstić information content (AvgIpc) is 2.88. The number of fused-ring (bicyclic) bond motifs is 1. The number of methoxy groups -OCH3 is 2. The van der Waals surface area contributed by atoms with Crippen molar-refractivity contribution in [3.8, 4) is 22.9 Å². The van der Waals surface area contributed by atoms with Crippen molar-refractivity contribution >= 4 is 28.6 Å². The molecule has 10 heteroatoms.